The van der Waals surface area contributed by atoms with Crippen LogP contribution >= 0.6 is 0 Å². The molecule has 0 aromatic heterocycles. The van der Waals surface area contributed by atoms with E-state index in [1.165, 1.54) is 44.2 Å². The standard InChI is InChI=1S/C17H27N/c1-14(2)8-6-7-13-18-17(16-11-12-16)15-9-4-3-5-10-15/h3-5,9-10,14,16-18H,6-8,11-13H2,1-2H3. The average Bonchev–Trinajstić information content (AvgIpc) is 3.19. The van der Waals surface area contributed by atoms with Crippen molar-refractivity contribution >= 4 is 0 Å². The molecule has 1 aromatic rings. The summed E-state index contributed by atoms with van der Waals surface area (Å²) in [6, 6.07) is 11.6. The lowest BCUT2D eigenvalue weighted by molar-refractivity contribution is 0.454. The van der Waals surface area contributed by atoms with Crippen LogP contribution in [0.2, 0.25) is 0 Å². The van der Waals surface area contributed by atoms with Crippen LogP contribution in [0.5, 0.6) is 0 Å². The molecule has 1 fully saturated rings. The quantitative estimate of drug-likeness (QED) is 0.662. The molecule has 1 unspecified atom stereocenters. The van der Waals surface area contributed by atoms with Crippen LogP contribution in [-0.2, 0) is 0 Å². The van der Waals surface area contributed by atoms with Gasteiger partial charge in [-0.05, 0) is 43.2 Å². The lowest BCUT2D eigenvalue weighted by Crippen LogP contribution is -2.24. The van der Waals surface area contributed by atoms with E-state index in [0.29, 0.717) is 6.04 Å². The molecule has 0 amide bonds. The Morgan fingerprint density at radius 3 is 2.44 bits per heavy atom. The highest BCUT2D eigenvalue weighted by Crippen LogP contribution is 2.40. The van der Waals surface area contributed by atoms with E-state index in [9.17, 15) is 0 Å². The van der Waals surface area contributed by atoms with Gasteiger partial charge in [-0.15, -0.1) is 0 Å². The zero-order chi connectivity index (χ0) is 12.8. The van der Waals surface area contributed by atoms with Crippen LogP contribution in [-0.4, -0.2) is 6.54 Å². The largest absolute Gasteiger partial charge is 0.310 e. The topological polar surface area (TPSA) is 12.0 Å². The Kier molecular flexibility index (Phi) is 5.25. The summed E-state index contributed by atoms with van der Waals surface area (Å²) >= 11 is 0. The molecule has 1 nitrogen and oxygen atoms in total. The van der Waals surface area contributed by atoms with Crippen molar-refractivity contribution in [3.63, 3.8) is 0 Å². The van der Waals surface area contributed by atoms with Crippen LogP contribution in [0.15, 0.2) is 30.3 Å². The summed E-state index contributed by atoms with van der Waals surface area (Å²) in [6.07, 6.45) is 6.84. The summed E-state index contributed by atoms with van der Waals surface area (Å²) in [4.78, 5) is 0. The van der Waals surface area contributed by atoms with Crippen molar-refractivity contribution in [2.75, 3.05) is 6.54 Å². The Balaban J connectivity index is 1.74. The number of hydrogen-bond acceptors (Lipinski definition) is 1. The second-order valence-electron chi connectivity index (χ2n) is 6.07. The average molecular weight is 245 g/mol. The van der Waals surface area contributed by atoms with E-state index < -0.39 is 0 Å². The van der Waals surface area contributed by atoms with Crippen molar-refractivity contribution < 1.29 is 0 Å². The van der Waals surface area contributed by atoms with Crippen molar-refractivity contribution in [3.05, 3.63) is 35.9 Å². The number of rotatable bonds is 8. The molecule has 0 bridgehead atoms. The first-order valence-corrected chi connectivity index (χ1v) is 7.55. The normalized spacial score (nSPS) is 17.1. The van der Waals surface area contributed by atoms with Gasteiger partial charge in [-0.3, -0.25) is 0 Å². The summed E-state index contributed by atoms with van der Waals surface area (Å²) in [5.74, 6) is 1.73. The molecule has 0 heterocycles. The molecule has 1 N–H and O–H groups in total. The molecule has 0 radical (unpaired) electrons. The molecule has 1 aromatic carbocycles. The summed E-state index contributed by atoms with van der Waals surface area (Å²) in [5.41, 5.74) is 1.48. The number of hydrogen-bond donors (Lipinski definition) is 1. The number of nitrogens with one attached hydrogen (secondary N) is 1. The maximum Gasteiger partial charge on any atom is 0.0348 e. The lowest BCUT2D eigenvalue weighted by Gasteiger charge is -2.19. The highest BCUT2D eigenvalue weighted by atomic mass is 14.9. The van der Waals surface area contributed by atoms with Crippen molar-refractivity contribution in [1.82, 2.24) is 5.32 Å². The van der Waals surface area contributed by atoms with Crippen molar-refractivity contribution in [1.29, 1.82) is 0 Å². The van der Waals surface area contributed by atoms with E-state index in [2.05, 4.69) is 49.5 Å². The second-order valence-corrected chi connectivity index (χ2v) is 6.07. The molecule has 1 aliphatic carbocycles. The van der Waals surface area contributed by atoms with Gasteiger partial charge in [0.25, 0.3) is 0 Å². The molecule has 1 aliphatic rings. The van der Waals surface area contributed by atoms with E-state index in [0.717, 1.165) is 11.8 Å². The SMILES string of the molecule is CC(C)CCCCNC(c1ccccc1)C1CC1. The summed E-state index contributed by atoms with van der Waals surface area (Å²) in [5, 5.41) is 3.77. The van der Waals surface area contributed by atoms with Crippen molar-refractivity contribution in [2.24, 2.45) is 11.8 Å². The van der Waals surface area contributed by atoms with E-state index in [-0.39, 0.29) is 0 Å². The zero-order valence-corrected chi connectivity index (χ0v) is 11.9. The zero-order valence-electron chi connectivity index (χ0n) is 11.9. The van der Waals surface area contributed by atoms with E-state index in [1.54, 1.807) is 0 Å². The number of unbranched alkanes of at least 4 members (excludes halogenated alkanes) is 1. The molecule has 0 saturated heterocycles. The van der Waals surface area contributed by atoms with Crippen LogP contribution in [0.25, 0.3) is 0 Å². The third-order valence-corrected chi connectivity index (χ3v) is 3.82. The minimum Gasteiger partial charge on any atom is -0.310 e. The monoisotopic (exact) mass is 245 g/mol. The van der Waals surface area contributed by atoms with Crippen molar-refractivity contribution in [3.8, 4) is 0 Å². The van der Waals surface area contributed by atoms with E-state index >= 15 is 0 Å². The molecule has 1 saturated carbocycles. The lowest BCUT2D eigenvalue weighted by atomic mass is 10.0. The Bertz CT molecular complexity index is 327. The van der Waals surface area contributed by atoms with Gasteiger partial charge in [0.15, 0.2) is 0 Å². The molecule has 2 rings (SSSR count). The molecule has 1 heteroatoms. The Labute approximate surface area is 112 Å². The third-order valence-electron chi connectivity index (χ3n) is 3.82. The van der Waals surface area contributed by atoms with Gasteiger partial charge in [-0.1, -0.05) is 57.0 Å². The number of benzene rings is 1. The van der Waals surface area contributed by atoms with Crippen LogP contribution in [0, 0.1) is 11.8 Å². The van der Waals surface area contributed by atoms with Gasteiger partial charge >= 0.3 is 0 Å². The molecule has 18 heavy (non-hydrogen) atoms. The first-order chi connectivity index (χ1) is 8.77. The fourth-order valence-electron chi connectivity index (χ4n) is 2.58. The van der Waals surface area contributed by atoms with Gasteiger partial charge in [0, 0.05) is 6.04 Å². The summed E-state index contributed by atoms with van der Waals surface area (Å²) in [7, 11) is 0. The first kappa shape index (κ1) is 13.6. The maximum atomic E-state index is 3.77. The van der Waals surface area contributed by atoms with Crippen LogP contribution in [0.4, 0.5) is 0 Å². The fraction of sp³-hybridized carbons (Fsp3) is 0.647. The molecular weight excluding hydrogens is 218 g/mol. The highest BCUT2D eigenvalue weighted by molar-refractivity contribution is 5.21. The predicted molar refractivity (Wildman–Crippen MR) is 78.6 cm³/mol. The third kappa shape index (κ3) is 4.45. The van der Waals surface area contributed by atoms with Gasteiger partial charge in [0.05, 0.1) is 0 Å². The van der Waals surface area contributed by atoms with E-state index in [4.69, 9.17) is 0 Å². The van der Waals surface area contributed by atoms with Gasteiger partial charge in [-0.2, -0.15) is 0 Å². The first-order valence-electron chi connectivity index (χ1n) is 7.55. The van der Waals surface area contributed by atoms with Crippen LogP contribution in [0.1, 0.15) is 57.6 Å². The molecule has 0 aliphatic heterocycles. The molecular formula is C17H27N. The fourth-order valence-corrected chi connectivity index (χ4v) is 2.58. The van der Waals surface area contributed by atoms with Crippen LogP contribution < -0.4 is 5.32 Å². The Morgan fingerprint density at radius 1 is 1.11 bits per heavy atom. The summed E-state index contributed by atoms with van der Waals surface area (Å²) in [6.45, 7) is 5.79. The van der Waals surface area contributed by atoms with Gasteiger partial charge in [0.1, 0.15) is 0 Å². The van der Waals surface area contributed by atoms with Gasteiger partial charge in [0.2, 0.25) is 0 Å². The Hall–Kier alpha value is -0.820. The van der Waals surface area contributed by atoms with Gasteiger partial charge < -0.3 is 5.32 Å². The second kappa shape index (κ2) is 6.94. The maximum absolute atomic E-state index is 3.77. The van der Waals surface area contributed by atoms with Crippen molar-refractivity contribution in [2.45, 2.75) is 52.0 Å². The summed E-state index contributed by atoms with van der Waals surface area (Å²) < 4.78 is 0. The Morgan fingerprint density at radius 2 is 1.83 bits per heavy atom. The molecule has 1 atom stereocenters. The minimum absolute atomic E-state index is 0.602. The van der Waals surface area contributed by atoms with E-state index in [1.807, 2.05) is 0 Å². The molecule has 0 spiro atoms. The highest BCUT2D eigenvalue weighted by Gasteiger charge is 2.31. The predicted octanol–water partition coefficient (Wildman–Crippen LogP) is 4.55. The molecule has 100 valence electrons. The minimum atomic E-state index is 0.602. The van der Waals surface area contributed by atoms with Gasteiger partial charge in [-0.25, -0.2) is 0 Å². The smallest absolute Gasteiger partial charge is 0.0348 e. The van der Waals surface area contributed by atoms with Crippen LogP contribution in [0.3, 0.4) is 0 Å².